The fraction of sp³-hybridized carbons (Fsp3) is 0.211. The zero-order chi connectivity index (χ0) is 19.3. The number of hydrogen-bond acceptors (Lipinski definition) is 7. The smallest absolute Gasteiger partial charge is 0.338 e. The molecule has 142 valence electrons. The molecule has 3 heterocycles. The van der Waals surface area contributed by atoms with E-state index >= 15 is 0 Å². The molecule has 1 aliphatic heterocycles. The lowest BCUT2D eigenvalue weighted by Gasteiger charge is -2.16. The molecule has 0 aliphatic carbocycles. The summed E-state index contributed by atoms with van der Waals surface area (Å²) in [5.74, 6) is -0.398. The number of aromatic nitrogens is 3. The second-order valence-corrected chi connectivity index (χ2v) is 6.43. The summed E-state index contributed by atoms with van der Waals surface area (Å²) in [7, 11) is 0. The largest absolute Gasteiger partial charge is 0.340 e. The highest BCUT2D eigenvalue weighted by atomic mass is 16.5. The summed E-state index contributed by atoms with van der Waals surface area (Å²) in [5.41, 5.74) is 6.92. The third-order valence-corrected chi connectivity index (χ3v) is 4.46. The number of carbonyl (C=O) groups is 2. The van der Waals surface area contributed by atoms with Gasteiger partial charge < -0.3 is 9.42 Å². The second-order valence-electron chi connectivity index (χ2n) is 6.43. The van der Waals surface area contributed by atoms with Gasteiger partial charge in [0.15, 0.2) is 0 Å². The van der Waals surface area contributed by atoms with E-state index in [-0.39, 0.29) is 24.2 Å². The molecule has 1 fully saturated rings. The summed E-state index contributed by atoms with van der Waals surface area (Å²) in [5, 5.41) is 3.84. The molecule has 9 nitrogen and oxygen atoms in total. The predicted molar refractivity (Wildman–Crippen MR) is 99.3 cm³/mol. The summed E-state index contributed by atoms with van der Waals surface area (Å²) >= 11 is 0. The molecule has 2 aromatic heterocycles. The predicted octanol–water partition coefficient (Wildman–Crippen LogP) is 1.62. The molecule has 0 bridgehead atoms. The minimum atomic E-state index is -0.439. The van der Waals surface area contributed by atoms with E-state index in [4.69, 9.17) is 4.52 Å². The van der Waals surface area contributed by atoms with Crippen LogP contribution in [0.3, 0.4) is 0 Å². The van der Waals surface area contributed by atoms with Crippen LogP contribution in [0, 0.1) is 5.92 Å². The van der Waals surface area contributed by atoms with Gasteiger partial charge in [-0.3, -0.25) is 20.0 Å². The summed E-state index contributed by atoms with van der Waals surface area (Å²) in [6, 6.07) is 13.2. The van der Waals surface area contributed by atoms with Crippen molar-refractivity contribution in [2.24, 2.45) is 5.92 Å². The van der Waals surface area contributed by atoms with Crippen molar-refractivity contribution in [1.82, 2.24) is 25.5 Å². The Morgan fingerprint density at radius 2 is 1.96 bits per heavy atom. The molecule has 0 spiro atoms. The van der Waals surface area contributed by atoms with Crippen molar-refractivity contribution >= 4 is 17.8 Å². The van der Waals surface area contributed by atoms with Gasteiger partial charge in [-0.25, -0.2) is 5.43 Å². The molecule has 1 aliphatic rings. The first-order valence-electron chi connectivity index (χ1n) is 8.81. The number of pyridine rings is 1. The molecular formula is C19H18N6O3. The summed E-state index contributed by atoms with van der Waals surface area (Å²) in [6.07, 6.45) is 3.42. The summed E-state index contributed by atoms with van der Waals surface area (Å²) in [4.78, 5) is 34.4. The van der Waals surface area contributed by atoms with Crippen LogP contribution in [0.1, 0.15) is 12.0 Å². The highest BCUT2D eigenvalue weighted by Crippen LogP contribution is 2.21. The van der Waals surface area contributed by atoms with Crippen LogP contribution >= 0.6 is 0 Å². The van der Waals surface area contributed by atoms with Gasteiger partial charge in [-0.1, -0.05) is 35.5 Å². The molecular weight excluding hydrogens is 360 g/mol. The number of amides is 2. The summed E-state index contributed by atoms with van der Waals surface area (Å²) in [6.45, 7) is 0.864. The van der Waals surface area contributed by atoms with Gasteiger partial charge in [0.2, 0.25) is 17.6 Å². The van der Waals surface area contributed by atoms with E-state index in [0.29, 0.717) is 18.9 Å². The van der Waals surface area contributed by atoms with Crippen LogP contribution in [-0.2, 0) is 16.1 Å². The Morgan fingerprint density at radius 3 is 2.75 bits per heavy atom. The van der Waals surface area contributed by atoms with Gasteiger partial charge in [-0.05, 0) is 17.7 Å². The highest BCUT2D eigenvalue weighted by Gasteiger charge is 2.34. The molecule has 1 unspecified atom stereocenters. The van der Waals surface area contributed by atoms with Crippen LogP contribution in [0.2, 0.25) is 0 Å². The number of hydrogen-bond donors (Lipinski definition) is 2. The molecule has 3 aromatic rings. The lowest BCUT2D eigenvalue weighted by Crippen LogP contribution is -2.36. The van der Waals surface area contributed by atoms with Crippen LogP contribution in [0.5, 0.6) is 0 Å². The Hall–Kier alpha value is -3.75. The number of nitrogens with one attached hydrogen (secondary N) is 2. The van der Waals surface area contributed by atoms with Crippen molar-refractivity contribution < 1.29 is 14.1 Å². The van der Waals surface area contributed by atoms with Crippen molar-refractivity contribution in [3.8, 4) is 11.4 Å². The lowest BCUT2D eigenvalue weighted by molar-refractivity contribution is -0.129. The highest BCUT2D eigenvalue weighted by molar-refractivity contribution is 5.89. The molecule has 28 heavy (non-hydrogen) atoms. The van der Waals surface area contributed by atoms with E-state index in [1.165, 1.54) is 0 Å². The quantitative estimate of drug-likeness (QED) is 0.627. The number of benzene rings is 1. The van der Waals surface area contributed by atoms with Crippen LogP contribution in [0.15, 0.2) is 59.4 Å². The number of nitrogens with zero attached hydrogens (tertiary/aromatic N) is 4. The average Bonchev–Trinajstić information content (AvgIpc) is 3.35. The van der Waals surface area contributed by atoms with Crippen LogP contribution in [0.25, 0.3) is 11.4 Å². The van der Waals surface area contributed by atoms with E-state index in [2.05, 4.69) is 26.0 Å². The Balaban J connectivity index is 1.31. The van der Waals surface area contributed by atoms with Gasteiger partial charge in [0, 0.05) is 37.5 Å². The molecule has 1 saturated heterocycles. The van der Waals surface area contributed by atoms with E-state index in [0.717, 1.165) is 11.1 Å². The second kappa shape index (κ2) is 7.87. The van der Waals surface area contributed by atoms with Gasteiger partial charge in [0.05, 0.1) is 5.92 Å². The first kappa shape index (κ1) is 17.7. The van der Waals surface area contributed by atoms with Gasteiger partial charge in [-0.2, -0.15) is 4.98 Å². The Labute approximate surface area is 160 Å². The third-order valence-electron chi connectivity index (χ3n) is 4.46. The van der Waals surface area contributed by atoms with Crippen molar-refractivity contribution in [2.75, 3.05) is 12.0 Å². The molecule has 1 aromatic carbocycles. The van der Waals surface area contributed by atoms with E-state index < -0.39 is 5.92 Å². The maximum absolute atomic E-state index is 12.4. The van der Waals surface area contributed by atoms with Gasteiger partial charge in [0.1, 0.15) is 0 Å². The van der Waals surface area contributed by atoms with Gasteiger partial charge in [-0.15, -0.1) is 0 Å². The van der Waals surface area contributed by atoms with Crippen LogP contribution in [-0.4, -0.2) is 38.4 Å². The molecule has 0 saturated carbocycles. The molecule has 9 heteroatoms. The standard InChI is InChI=1S/C19H18N6O3/c26-16-10-15(12-25(16)11-13-4-2-1-3-5-13)18(27)22-23-19-21-17(24-28-19)14-6-8-20-9-7-14/h1-9,15H,10-12H2,(H,22,27)(H,21,23,24). The van der Waals surface area contributed by atoms with Crippen molar-refractivity contribution in [1.29, 1.82) is 0 Å². The van der Waals surface area contributed by atoms with Crippen LogP contribution < -0.4 is 10.9 Å². The SMILES string of the molecule is O=C(NNc1nc(-c2ccncc2)no1)C1CC(=O)N(Cc2ccccc2)C1. The number of hydrazine groups is 1. The molecule has 2 amide bonds. The summed E-state index contributed by atoms with van der Waals surface area (Å²) < 4.78 is 5.07. The van der Waals surface area contributed by atoms with E-state index in [9.17, 15) is 9.59 Å². The Morgan fingerprint density at radius 1 is 1.18 bits per heavy atom. The minimum Gasteiger partial charge on any atom is -0.338 e. The maximum Gasteiger partial charge on any atom is 0.340 e. The Bertz CT molecular complexity index is 960. The number of carbonyl (C=O) groups excluding carboxylic acids is 2. The Kier molecular flexibility index (Phi) is 4.96. The van der Waals surface area contributed by atoms with Gasteiger partial charge >= 0.3 is 6.01 Å². The fourth-order valence-electron chi connectivity index (χ4n) is 3.01. The number of anilines is 1. The molecule has 4 rings (SSSR count). The fourth-order valence-corrected chi connectivity index (χ4v) is 3.01. The van der Waals surface area contributed by atoms with E-state index in [1.807, 2.05) is 30.3 Å². The topological polar surface area (TPSA) is 113 Å². The number of likely N-dealkylation sites (tertiary alicyclic amines) is 1. The normalized spacial score (nSPS) is 16.2. The zero-order valence-electron chi connectivity index (χ0n) is 14.9. The molecule has 2 N–H and O–H groups in total. The van der Waals surface area contributed by atoms with E-state index in [1.54, 1.807) is 29.4 Å². The van der Waals surface area contributed by atoms with Crippen LogP contribution in [0.4, 0.5) is 6.01 Å². The monoisotopic (exact) mass is 378 g/mol. The lowest BCUT2D eigenvalue weighted by atomic mass is 10.1. The third kappa shape index (κ3) is 3.98. The maximum atomic E-state index is 12.4. The zero-order valence-corrected chi connectivity index (χ0v) is 14.9. The average molecular weight is 378 g/mol. The van der Waals surface area contributed by atoms with Crippen molar-refractivity contribution in [3.63, 3.8) is 0 Å². The minimum absolute atomic E-state index is 0.0400. The van der Waals surface area contributed by atoms with Crippen molar-refractivity contribution in [3.05, 3.63) is 60.4 Å². The first-order valence-corrected chi connectivity index (χ1v) is 8.81. The molecule has 1 atom stereocenters. The first-order chi connectivity index (χ1) is 13.7. The van der Waals surface area contributed by atoms with Crippen molar-refractivity contribution in [2.45, 2.75) is 13.0 Å². The van der Waals surface area contributed by atoms with Gasteiger partial charge in [0.25, 0.3) is 0 Å². The molecule has 0 radical (unpaired) electrons. The number of rotatable bonds is 6.